The van der Waals surface area contributed by atoms with Crippen molar-refractivity contribution in [2.75, 3.05) is 6.54 Å². The number of halogens is 2. The molecular formula is C12H15BrFNO. The van der Waals surface area contributed by atoms with Crippen molar-refractivity contribution in [3.8, 4) is 0 Å². The highest BCUT2D eigenvalue weighted by Gasteiger charge is 2.06. The van der Waals surface area contributed by atoms with Gasteiger partial charge in [-0.15, -0.1) is 0 Å². The zero-order chi connectivity index (χ0) is 12.1. The van der Waals surface area contributed by atoms with Crippen LogP contribution in [0.1, 0.15) is 19.4 Å². The average molecular weight is 288 g/mol. The van der Waals surface area contributed by atoms with Crippen molar-refractivity contribution in [2.45, 2.75) is 26.3 Å². The minimum absolute atomic E-state index is 0.104. The topological polar surface area (TPSA) is 29.1 Å². The van der Waals surface area contributed by atoms with E-state index < -0.39 is 0 Å². The molecule has 16 heavy (non-hydrogen) atoms. The second kappa shape index (κ2) is 6.11. The molecule has 0 spiro atoms. The van der Waals surface area contributed by atoms with E-state index in [0.29, 0.717) is 23.5 Å². The summed E-state index contributed by atoms with van der Waals surface area (Å²) in [5.74, 6) is -0.205. The van der Waals surface area contributed by atoms with Crippen molar-refractivity contribution < 1.29 is 9.18 Å². The first-order valence-corrected chi connectivity index (χ1v) is 5.97. The Bertz CT molecular complexity index is 379. The normalized spacial score (nSPS) is 10.8. The quantitative estimate of drug-likeness (QED) is 0.902. The molecule has 0 atom stereocenters. The van der Waals surface area contributed by atoms with Gasteiger partial charge in [0.1, 0.15) is 5.82 Å². The lowest BCUT2D eigenvalue weighted by molar-refractivity contribution is -0.117. The monoisotopic (exact) mass is 287 g/mol. The minimum Gasteiger partial charge on any atom is -0.308 e. The lowest BCUT2D eigenvalue weighted by Gasteiger charge is -2.07. The highest BCUT2D eigenvalue weighted by atomic mass is 79.9. The van der Waals surface area contributed by atoms with Gasteiger partial charge in [0.15, 0.2) is 5.78 Å². The highest BCUT2D eigenvalue weighted by molar-refractivity contribution is 9.10. The molecule has 0 unspecified atom stereocenters. The van der Waals surface area contributed by atoms with Crippen molar-refractivity contribution in [3.05, 3.63) is 34.1 Å². The van der Waals surface area contributed by atoms with Crippen LogP contribution in [0.5, 0.6) is 0 Å². The maximum Gasteiger partial charge on any atom is 0.150 e. The van der Waals surface area contributed by atoms with Gasteiger partial charge in [-0.2, -0.15) is 0 Å². The van der Waals surface area contributed by atoms with Crippen LogP contribution in [-0.2, 0) is 11.2 Å². The first-order chi connectivity index (χ1) is 7.49. The van der Waals surface area contributed by atoms with Crippen LogP contribution in [-0.4, -0.2) is 18.4 Å². The summed E-state index contributed by atoms with van der Waals surface area (Å²) in [4.78, 5) is 11.5. The first-order valence-electron chi connectivity index (χ1n) is 5.18. The third-order valence-corrected chi connectivity index (χ3v) is 2.70. The van der Waals surface area contributed by atoms with Crippen LogP contribution in [0.15, 0.2) is 22.7 Å². The van der Waals surface area contributed by atoms with Crippen LogP contribution in [0.4, 0.5) is 4.39 Å². The Hall–Kier alpha value is -0.740. The SMILES string of the molecule is CC(C)NCC(=O)Cc1ccc(F)c(Br)c1. The average Bonchev–Trinajstić information content (AvgIpc) is 2.21. The summed E-state index contributed by atoms with van der Waals surface area (Å²) in [5, 5.41) is 3.06. The van der Waals surface area contributed by atoms with Gasteiger partial charge in [0.05, 0.1) is 11.0 Å². The zero-order valence-corrected chi connectivity index (χ0v) is 11.0. The van der Waals surface area contributed by atoms with Crippen LogP contribution in [0.25, 0.3) is 0 Å². The van der Waals surface area contributed by atoms with E-state index in [1.54, 1.807) is 12.1 Å². The van der Waals surface area contributed by atoms with Crippen molar-refractivity contribution in [2.24, 2.45) is 0 Å². The standard InChI is InChI=1S/C12H15BrFNO/c1-8(2)15-7-10(16)5-9-3-4-12(14)11(13)6-9/h3-4,6,8,15H,5,7H2,1-2H3. The van der Waals surface area contributed by atoms with Gasteiger partial charge in [0.25, 0.3) is 0 Å². The molecule has 0 radical (unpaired) electrons. The number of carbonyl (C=O) groups is 1. The van der Waals surface area contributed by atoms with Gasteiger partial charge in [-0.1, -0.05) is 19.9 Å². The number of ketones is 1. The molecule has 1 rings (SSSR count). The van der Waals surface area contributed by atoms with Crippen LogP contribution >= 0.6 is 15.9 Å². The van der Waals surface area contributed by atoms with Crippen LogP contribution in [0.3, 0.4) is 0 Å². The Balaban J connectivity index is 2.53. The molecule has 4 heteroatoms. The summed E-state index contributed by atoms with van der Waals surface area (Å²) in [7, 11) is 0. The van der Waals surface area contributed by atoms with E-state index in [9.17, 15) is 9.18 Å². The number of rotatable bonds is 5. The molecule has 0 aliphatic heterocycles. The molecule has 88 valence electrons. The Labute approximate surface area is 103 Å². The lowest BCUT2D eigenvalue weighted by atomic mass is 10.1. The third kappa shape index (κ3) is 4.41. The summed E-state index contributed by atoms with van der Waals surface area (Å²) < 4.78 is 13.3. The Morgan fingerprint density at radius 1 is 1.50 bits per heavy atom. The number of nitrogens with one attached hydrogen (secondary N) is 1. The van der Waals surface area contributed by atoms with Crippen LogP contribution in [0.2, 0.25) is 0 Å². The van der Waals surface area contributed by atoms with Crippen LogP contribution in [0, 0.1) is 5.82 Å². The lowest BCUT2D eigenvalue weighted by Crippen LogP contribution is -2.29. The van der Waals surface area contributed by atoms with Gasteiger partial charge in [0, 0.05) is 12.5 Å². The molecule has 0 aliphatic rings. The molecule has 0 aliphatic carbocycles. The number of carbonyl (C=O) groups excluding carboxylic acids is 1. The number of benzene rings is 1. The summed E-state index contributed by atoms with van der Waals surface area (Å²) in [6.07, 6.45) is 0.332. The predicted octanol–water partition coefficient (Wildman–Crippen LogP) is 2.70. The van der Waals surface area contributed by atoms with Crippen molar-refractivity contribution in [1.29, 1.82) is 0 Å². The fourth-order valence-electron chi connectivity index (χ4n) is 1.26. The molecule has 0 bridgehead atoms. The zero-order valence-electron chi connectivity index (χ0n) is 9.39. The van der Waals surface area contributed by atoms with E-state index in [0.717, 1.165) is 5.56 Å². The van der Waals surface area contributed by atoms with Gasteiger partial charge in [-0.25, -0.2) is 4.39 Å². The molecule has 0 saturated carbocycles. The molecule has 1 N–H and O–H groups in total. The second-order valence-electron chi connectivity index (χ2n) is 4.00. The van der Waals surface area contributed by atoms with Gasteiger partial charge in [0.2, 0.25) is 0 Å². The Kier molecular flexibility index (Phi) is 5.09. The fraction of sp³-hybridized carbons (Fsp3) is 0.417. The summed E-state index contributed by atoms with van der Waals surface area (Å²) >= 11 is 3.10. The van der Waals surface area contributed by atoms with E-state index >= 15 is 0 Å². The molecule has 0 heterocycles. The molecule has 0 amide bonds. The molecule has 1 aromatic carbocycles. The van der Waals surface area contributed by atoms with E-state index in [-0.39, 0.29) is 11.6 Å². The van der Waals surface area contributed by atoms with E-state index in [1.165, 1.54) is 6.07 Å². The van der Waals surface area contributed by atoms with Gasteiger partial charge >= 0.3 is 0 Å². The predicted molar refractivity (Wildman–Crippen MR) is 65.9 cm³/mol. The van der Waals surface area contributed by atoms with Gasteiger partial charge < -0.3 is 5.32 Å². The molecule has 1 aromatic rings. The summed E-state index contributed by atoms with van der Waals surface area (Å²) in [6.45, 7) is 4.33. The smallest absolute Gasteiger partial charge is 0.150 e. The van der Waals surface area contributed by atoms with E-state index in [4.69, 9.17) is 0 Å². The second-order valence-corrected chi connectivity index (χ2v) is 4.85. The molecule has 0 fully saturated rings. The van der Waals surface area contributed by atoms with Gasteiger partial charge in [-0.3, -0.25) is 4.79 Å². The summed E-state index contributed by atoms with van der Waals surface area (Å²) in [5.41, 5.74) is 0.823. The first kappa shape index (κ1) is 13.3. The van der Waals surface area contributed by atoms with Crippen molar-refractivity contribution in [3.63, 3.8) is 0 Å². The number of Topliss-reactive ketones (excluding diaryl/α,β-unsaturated/α-hetero) is 1. The minimum atomic E-state index is -0.309. The third-order valence-electron chi connectivity index (χ3n) is 2.09. The van der Waals surface area contributed by atoms with Crippen molar-refractivity contribution in [1.82, 2.24) is 5.32 Å². The number of hydrogen-bond donors (Lipinski definition) is 1. The number of hydrogen-bond acceptors (Lipinski definition) is 2. The summed E-state index contributed by atoms with van der Waals surface area (Å²) in [6, 6.07) is 4.93. The van der Waals surface area contributed by atoms with E-state index in [2.05, 4.69) is 21.2 Å². The maximum absolute atomic E-state index is 12.9. The molecule has 0 aromatic heterocycles. The molecule has 2 nitrogen and oxygen atoms in total. The Morgan fingerprint density at radius 3 is 2.75 bits per heavy atom. The van der Waals surface area contributed by atoms with Crippen LogP contribution < -0.4 is 5.32 Å². The Morgan fingerprint density at radius 2 is 2.19 bits per heavy atom. The fourth-order valence-corrected chi connectivity index (χ4v) is 1.68. The molecule has 0 saturated heterocycles. The maximum atomic E-state index is 12.9. The molecular weight excluding hydrogens is 273 g/mol. The van der Waals surface area contributed by atoms with Crippen molar-refractivity contribution >= 4 is 21.7 Å². The van der Waals surface area contributed by atoms with E-state index in [1.807, 2.05) is 13.8 Å². The highest BCUT2D eigenvalue weighted by Crippen LogP contribution is 2.17. The largest absolute Gasteiger partial charge is 0.308 e. The van der Waals surface area contributed by atoms with Gasteiger partial charge in [-0.05, 0) is 33.6 Å².